The molecule has 1 aromatic heterocycles. The third-order valence-corrected chi connectivity index (χ3v) is 7.57. The molecule has 1 atom stereocenters. The van der Waals surface area contributed by atoms with Crippen molar-refractivity contribution in [3.05, 3.63) is 82.2 Å². The second kappa shape index (κ2) is 12.1. The lowest BCUT2D eigenvalue weighted by Crippen LogP contribution is -2.50. The summed E-state index contributed by atoms with van der Waals surface area (Å²) in [6.45, 7) is 6.87. The highest BCUT2D eigenvalue weighted by molar-refractivity contribution is 7.16. The van der Waals surface area contributed by atoms with Crippen molar-refractivity contribution in [2.45, 2.75) is 26.3 Å². The van der Waals surface area contributed by atoms with Gasteiger partial charge >= 0.3 is 6.09 Å². The van der Waals surface area contributed by atoms with E-state index >= 15 is 0 Å². The summed E-state index contributed by atoms with van der Waals surface area (Å²) in [5.41, 5.74) is 2.80. The van der Waals surface area contributed by atoms with E-state index in [0.717, 1.165) is 28.3 Å². The zero-order valence-electron chi connectivity index (χ0n) is 21.0. The fourth-order valence-corrected chi connectivity index (χ4v) is 5.47. The summed E-state index contributed by atoms with van der Waals surface area (Å²) in [6, 6.07) is 19.5. The van der Waals surface area contributed by atoms with E-state index in [4.69, 9.17) is 9.47 Å². The van der Waals surface area contributed by atoms with Crippen LogP contribution in [0.15, 0.2) is 60.7 Å². The Morgan fingerprint density at radius 2 is 1.69 bits per heavy atom. The Labute approximate surface area is 216 Å². The minimum Gasteiger partial charge on any atom is -0.497 e. The number of hydrogen-bond donors (Lipinski definition) is 1. The number of amides is 2. The molecule has 4 rings (SSSR count). The fourth-order valence-electron chi connectivity index (χ4n) is 4.45. The van der Waals surface area contributed by atoms with Crippen molar-refractivity contribution in [2.75, 3.05) is 45.2 Å². The lowest BCUT2D eigenvalue weighted by molar-refractivity contribution is 0.0715. The first-order valence-electron chi connectivity index (χ1n) is 12.3. The van der Waals surface area contributed by atoms with Gasteiger partial charge in [0.05, 0.1) is 19.8 Å². The molecule has 0 saturated carbocycles. The third-order valence-electron chi connectivity index (χ3n) is 6.35. The Morgan fingerprint density at radius 3 is 2.31 bits per heavy atom. The molecule has 1 N–H and O–H groups in total. The quantitative estimate of drug-likeness (QED) is 0.440. The maximum absolute atomic E-state index is 13.1. The van der Waals surface area contributed by atoms with E-state index < -0.39 is 0 Å². The van der Waals surface area contributed by atoms with Crippen molar-refractivity contribution in [3.8, 4) is 5.75 Å². The lowest BCUT2D eigenvalue weighted by Gasteiger charge is -2.39. The standard InChI is InChI=1S/C28H33N3O4S/c1-4-23-19-24(27(36-23)29-26(32)21-9-7-6-8-10-21)25(20-11-13-22(34-3)14-12-20)30-15-17-31(18-16-30)28(33)35-5-2/h6-14,19,25H,4-5,15-18H2,1-3H3,(H,29,32)/t25-/m0/s1. The van der Waals surface area contributed by atoms with Crippen molar-refractivity contribution >= 4 is 28.3 Å². The largest absolute Gasteiger partial charge is 0.497 e. The Kier molecular flexibility index (Phi) is 8.61. The van der Waals surface area contributed by atoms with E-state index in [-0.39, 0.29) is 18.0 Å². The van der Waals surface area contributed by atoms with Gasteiger partial charge in [-0.1, -0.05) is 37.3 Å². The van der Waals surface area contributed by atoms with Crippen LogP contribution in [-0.2, 0) is 11.2 Å². The molecule has 0 aliphatic carbocycles. The fraction of sp³-hybridized carbons (Fsp3) is 0.357. The molecule has 3 aromatic rings. The van der Waals surface area contributed by atoms with Gasteiger partial charge in [-0.15, -0.1) is 11.3 Å². The lowest BCUT2D eigenvalue weighted by atomic mass is 9.97. The normalized spacial score (nSPS) is 14.8. The first kappa shape index (κ1) is 25.7. The van der Waals surface area contributed by atoms with Crippen molar-refractivity contribution in [1.29, 1.82) is 0 Å². The van der Waals surface area contributed by atoms with Crippen molar-refractivity contribution < 1.29 is 19.1 Å². The molecule has 2 aromatic carbocycles. The smallest absolute Gasteiger partial charge is 0.409 e. The summed E-state index contributed by atoms with van der Waals surface area (Å²) in [6.07, 6.45) is 0.614. The summed E-state index contributed by atoms with van der Waals surface area (Å²) in [7, 11) is 1.66. The van der Waals surface area contributed by atoms with E-state index in [1.807, 2.05) is 49.4 Å². The number of nitrogens with one attached hydrogen (secondary N) is 1. The molecule has 1 fully saturated rings. The van der Waals surface area contributed by atoms with Gasteiger partial charge in [-0.2, -0.15) is 0 Å². The number of nitrogens with zero attached hydrogens (tertiary/aromatic N) is 2. The van der Waals surface area contributed by atoms with Crippen molar-refractivity contribution in [1.82, 2.24) is 9.80 Å². The molecule has 190 valence electrons. The van der Waals surface area contributed by atoms with Crippen LogP contribution in [0.3, 0.4) is 0 Å². The molecule has 0 bridgehead atoms. The average Bonchev–Trinajstić information content (AvgIpc) is 3.32. The summed E-state index contributed by atoms with van der Waals surface area (Å²) in [5.74, 6) is 0.670. The van der Waals surface area contributed by atoms with E-state index in [1.165, 1.54) is 4.88 Å². The number of ether oxygens (including phenoxy) is 2. The number of rotatable bonds is 8. The number of benzene rings is 2. The van der Waals surface area contributed by atoms with Crippen molar-refractivity contribution in [2.24, 2.45) is 0 Å². The first-order valence-corrected chi connectivity index (χ1v) is 13.1. The van der Waals surface area contributed by atoms with Crippen LogP contribution in [0.1, 0.15) is 46.3 Å². The Hall–Kier alpha value is -3.36. The minimum absolute atomic E-state index is 0.0807. The number of piperazine rings is 1. The van der Waals surface area contributed by atoms with Crippen LogP contribution in [0.4, 0.5) is 9.80 Å². The SMILES string of the molecule is CCOC(=O)N1CCN([C@@H](c2ccc(OC)cc2)c2cc(CC)sc2NC(=O)c2ccccc2)CC1. The average molecular weight is 508 g/mol. The highest BCUT2D eigenvalue weighted by atomic mass is 32.1. The van der Waals surface area contributed by atoms with Crippen molar-refractivity contribution in [3.63, 3.8) is 0 Å². The zero-order valence-corrected chi connectivity index (χ0v) is 21.8. The molecule has 0 radical (unpaired) electrons. The van der Waals surface area contributed by atoms with Crippen LogP contribution < -0.4 is 10.1 Å². The van der Waals surface area contributed by atoms with Gasteiger partial charge in [-0.3, -0.25) is 9.69 Å². The van der Waals surface area contributed by atoms with Gasteiger partial charge in [0.25, 0.3) is 5.91 Å². The third kappa shape index (κ3) is 5.88. The van der Waals surface area contributed by atoms with Gasteiger partial charge in [0, 0.05) is 42.2 Å². The minimum atomic E-state index is -0.266. The highest BCUT2D eigenvalue weighted by Crippen LogP contribution is 2.40. The Morgan fingerprint density at radius 1 is 1.00 bits per heavy atom. The Balaban J connectivity index is 1.67. The number of carbonyl (C=O) groups is 2. The molecule has 7 nitrogen and oxygen atoms in total. The van der Waals surface area contributed by atoms with Crippen LogP contribution in [0.2, 0.25) is 0 Å². The summed E-state index contributed by atoms with van der Waals surface area (Å²) in [4.78, 5) is 30.7. The van der Waals surface area contributed by atoms with Gasteiger partial charge < -0.3 is 19.7 Å². The van der Waals surface area contributed by atoms with E-state index in [2.05, 4.69) is 35.3 Å². The van der Waals surface area contributed by atoms with Gasteiger partial charge in [0.15, 0.2) is 0 Å². The highest BCUT2D eigenvalue weighted by Gasteiger charge is 2.31. The monoisotopic (exact) mass is 507 g/mol. The van der Waals surface area contributed by atoms with Gasteiger partial charge in [0.2, 0.25) is 0 Å². The maximum atomic E-state index is 13.1. The van der Waals surface area contributed by atoms with Gasteiger partial charge in [-0.05, 0) is 49.2 Å². The summed E-state index contributed by atoms with van der Waals surface area (Å²) < 4.78 is 10.6. The summed E-state index contributed by atoms with van der Waals surface area (Å²) >= 11 is 1.62. The number of methoxy groups -OCH3 is 1. The van der Waals surface area contributed by atoms with E-state index in [1.54, 1.807) is 23.3 Å². The van der Waals surface area contributed by atoms with E-state index in [0.29, 0.717) is 38.3 Å². The number of hydrogen-bond acceptors (Lipinski definition) is 6. The second-order valence-electron chi connectivity index (χ2n) is 8.57. The van der Waals surface area contributed by atoms with Crippen LogP contribution in [0, 0.1) is 0 Å². The Bertz CT molecular complexity index is 1160. The summed E-state index contributed by atoms with van der Waals surface area (Å²) in [5, 5.41) is 4.04. The zero-order chi connectivity index (χ0) is 25.5. The molecule has 36 heavy (non-hydrogen) atoms. The predicted molar refractivity (Wildman–Crippen MR) is 143 cm³/mol. The predicted octanol–water partition coefficient (Wildman–Crippen LogP) is 5.43. The van der Waals surface area contributed by atoms with Crippen LogP contribution in [0.25, 0.3) is 0 Å². The number of anilines is 1. The number of aryl methyl sites for hydroxylation is 1. The number of carbonyl (C=O) groups excluding carboxylic acids is 2. The van der Waals surface area contributed by atoms with E-state index in [9.17, 15) is 9.59 Å². The molecule has 1 saturated heterocycles. The van der Waals surface area contributed by atoms with Crippen LogP contribution in [0.5, 0.6) is 5.75 Å². The molecule has 2 heterocycles. The molecular formula is C28H33N3O4S. The molecular weight excluding hydrogens is 474 g/mol. The second-order valence-corrected chi connectivity index (χ2v) is 9.71. The number of thiophene rings is 1. The van der Waals surface area contributed by atoms with Gasteiger partial charge in [0.1, 0.15) is 10.8 Å². The molecule has 8 heteroatoms. The van der Waals surface area contributed by atoms with Crippen LogP contribution in [-0.4, -0.2) is 61.7 Å². The molecule has 1 aliphatic heterocycles. The maximum Gasteiger partial charge on any atom is 0.409 e. The van der Waals surface area contributed by atoms with Crippen LogP contribution >= 0.6 is 11.3 Å². The molecule has 1 aliphatic rings. The van der Waals surface area contributed by atoms with Gasteiger partial charge in [-0.25, -0.2) is 4.79 Å². The molecule has 0 spiro atoms. The molecule has 2 amide bonds. The first-order chi connectivity index (χ1) is 17.5. The molecule has 0 unspecified atom stereocenters. The topological polar surface area (TPSA) is 71.1 Å².